The van der Waals surface area contributed by atoms with Crippen LogP contribution >= 0.6 is 0 Å². The SMILES string of the molecule is O=C1C[C@@H](c2ccccc2)C2(CCN(Cc3ccccn3)CC2)N1. The van der Waals surface area contributed by atoms with Crippen molar-refractivity contribution in [2.45, 2.75) is 37.3 Å². The molecule has 0 bridgehead atoms. The van der Waals surface area contributed by atoms with Crippen LogP contribution in [0.5, 0.6) is 0 Å². The smallest absolute Gasteiger partial charge is 0.221 e. The molecular formula is C20H23N3O. The number of hydrogen-bond donors (Lipinski definition) is 1. The van der Waals surface area contributed by atoms with Crippen molar-refractivity contribution in [3.8, 4) is 0 Å². The van der Waals surface area contributed by atoms with E-state index in [0.717, 1.165) is 38.2 Å². The summed E-state index contributed by atoms with van der Waals surface area (Å²) in [5.41, 5.74) is 2.33. The van der Waals surface area contributed by atoms with Gasteiger partial charge in [-0.2, -0.15) is 0 Å². The zero-order valence-electron chi connectivity index (χ0n) is 13.8. The maximum atomic E-state index is 12.1. The number of aromatic nitrogens is 1. The largest absolute Gasteiger partial charge is 0.350 e. The lowest BCUT2D eigenvalue weighted by Crippen LogP contribution is -2.53. The molecule has 1 amide bonds. The van der Waals surface area contributed by atoms with Gasteiger partial charge in [0.1, 0.15) is 0 Å². The van der Waals surface area contributed by atoms with Gasteiger partial charge in [0, 0.05) is 43.7 Å². The van der Waals surface area contributed by atoms with Crippen molar-refractivity contribution < 1.29 is 4.79 Å². The second-order valence-electron chi connectivity index (χ2n) is 6.97. The number of carbonyl (C=O) groups excluding carboxylic acids is 1. The van der Waals surface area contributed by atoms with Gasteiger partial charge in [-0.15, -0.1) is 0 Å². The molecule has 0 saturated carbocycles. The second-order valence-corrected chi connectivity index (χ2v) is 6.97. The molecule has 1 spiro atoms. The van der Waals surface area contributed by atoms with E-state index >= 15 is 0 Å². The standard InChI is InChI=1S/C20H23N3O/c24-19-14-18(16-6-2-1-3-7-16)20(22-19)9-12-23(13-10-20)15-17-8-4-5-11-21-17/h1-8,11,18H,9-10,12-15H2,(H,22,24)/t18-/m0/s1. The van der Waals surface area contributed by atoms with Gasteiger partial charge in [0.2, 0.25) is 5.91 Å². The molecule has 1 aromatic heterocycles. The molecule has 3 heterocycles. The Kier molecular flexibility index (Phi) is 4.07. The summed E-state index contributed by atoms with van der Waals surface area (Å²) in [7, 11) is 0. The first-order valence-electron chi connectivity index (χ1n) is 8.73. The molecule has 2 aliphatic heterocycles. The number of nitrogens with zero attached hydrogens (tertiary/aromatic N) is 2. The van der Waals surface area contributed by atoms with Crippen LogP contribution < -0.4 is 5.32 Å². The number of likely N-dealkylation sites (tertiary alicyclic amines) is 1. The Morgan fingerprint density at radius 1 is 1.08 bits per heavy atom. The van der Waals surface area contributed by atoms with Gasteiger partial charge in [0.25, 0.3) is 0 Å². The zero-order chi connectivity index (χ0) is 16.4. The van der Waals surface area contributed by atoms with Gasteiger partial charge in [-0.3, -0.25) is 14.7 Å². The Balaban J connectivity index is 1.47. The summed E-state index contributed by atoms with van der Waals surface area (Å²) in [4.78, 5) is 19.0. The molecule has 2 saturated heterocycles. The van der Waals surface area contributed by atoms with E-state index in [2.05, 4.69) is 45.5 Å². The van der Waals surface area contributed by atoms with E-state index in [1.807, 2.05) is 24.4 Å². The third kappa shape index (κ3) is 2.94. The average molecular weight is 321 g/mol. The molecule has 24 heavy (non-hydrogen) atoms. The van der Waals surface area contributed by atoms with E-state index in [1.54, 1.807) is 0 Å². The molecule has 4 nitrogen and oxygen atoms in total. The first-order chi connectivity index (χ1) is 11.8. The Morgan fingerprint density at radius 3 is 2.54 bits per heavy atom. The summed E-state index contributed by atoms with van der Waals surface area (Å²) in [5, 5.41) is 3.32. The van der Waals surface area contributed by atoms with Crippen LogP contribution in [0.3, 0.4) is 0 Å². The molecule has 1 N–H and O–H groups in total. The maximum Gasteiger partial charge on any atom is 0.221 e. The highest BCUT2D eigenvalue weighted by molar-refractivity contribution is 5.81. The highest BCUT2D eigenvalue weighted by Crippen LogP contribution is 2.43. The third-order valence-electron chi connectivity index (χ3n) is 5.51. The summed E-state index contributed by atoms with van der Waals surface area (Å²) in [5.74, 6) is 0.491. The first-order valence-corrected chi connectivity index (χ1v) is 8.73. The second kappa shape index (κ2) is 6.36. The fraction of sp³-hybridized carbons (Fsp3) is 0.400. The van der Waals surface area contributed by atoms with E-state index in [1.165, 1.54) is 5.56 Å². The van der Waals surface area contributed by atoms with E-state index in [0.29, 0.717) is 12.3 Å². The van der Waals surface area contributed by atoms with Gasteiger partial charge >= 0.3 is 0 Å². The molecule has 4 rings (SSSR count). The van der Waals surface area contributed by atoms with Crippen LogP contribution in [0.4, 0.5) is 0 Å². The molecule has 2 aromatic rings. The molecule has 2 aliphatic rings. The lowest BCUT2D eigenvalue weighted by Gasteiger charge is -2.43. The molecule has 1 atom stereocenters. The van der Waals surface area contributed by atoms with E-state index in [4.69, 9.17) is 0 Å². The number of amides is 1. The van der Waals surface area contributed by atoms with Gasteiger partial charge in [-0.05, 0) is 30.5 Å². The van der Waals surface area contributed by atoms with Gasteiger partial charge < -0.3 is 5.32 Å². The summed E-state index contributed by atoms with van der Waals surface area (Å²) in [6.45, 7) is 2.89. The third-order valence-corrected chi connectivity index (χ3v) is 5.51. The highest BCUT2D eigenvalue weighted by atomic mass is 16.2. The van der Waals surface area contributed by atoms with E-state index in [-0.39, 0.29) is 11.4 Å². The molecule has 0 unspecified atom stereocenters. The quantitative estimate of drug-likeness (QED) is 0.945. The number of piperidine rings is 1. The van der Waals surface area contributed by atoms with Crippen molar-refractivity contribution >= 4 is 5.91 Å². The number of hydrogen-bond acceptors (Lipinski definition) is 3. The minimum atomic E-state index is -0.0704. The Morgan fingerprint density at radius 2 is 1.83 bits per heavy atom. The zero-order valence-corrected chi connectivity index (χ0v) is 13.8. The van der Waals surface area contributed by atoms with Crippen LogP contribution in [0, 0.1) is 0 Å². The number of benzene rings is 1. The van der Waals surface area contributed by atoms with Crippen LogP contribution in [0.1, 0.15) is 36.4 Å². The van der Waals surface area contributed by atoms with E-state index in [9.17, 15) is 4.79 Å². The molecule has 0 aliphatic carbocycles. The molecule has 4 heteroatoms. The minimum absolute atomic E-state index is 0.0704. The molecule has 1 aromatic carbocycles. The Bertz CT molecular complexity index is 693. The summed E-state index contributed by atoms with van der Waals surface area (Å²) >= 11 is 0. The molecular weight excluding hydrogens is 298 g/mol. The van der Waals surface area contributed by atoms with Crippen molar-refractivity contribution in [1.82, 2.24) is 15.2 Å². The number of carbonyl (C=O) groups is 1. The van der Waals surface area contributed by atoms with Crippen molar-refractivity contribution in [1.29, 1.82) is 0 Å². The molecule has 124 valence electrons. The van der Waals surface area contributed by atoms with Crippen LogP contribution in [-0.2, 0) is 11.3 Å². The Labute approximate surface area is 142 Å². The topological polar surface area (TPSA) is 45.2 Å². The highest BCUT2D eigenvalue weighted by Gasteiger charge is 2.48. The molecule has 2 fully saturated rings. The van der Waals surface area contributed by atoms with Crippen LogP contribution in [0.25, 0.3) is 0 Å². The first kappa shape index (κ1) is 15.3. The normalized spacial score (nSPS) is 23.3. The predicted octanol–water partition coefficient (Wildman–Crippen LogP) is 2.72. The van der Waals surface area contributed by atoms with Crippen molar-refractivity contribution in [2.24, 2.45) is 0 Å². The minimum Gasteiger partial charge on any atom is -0.350 e. The average Bonchev–Trinajstić information content (AvgIpc) is 2.95. The Hall–Kier alpha value is -2.20. The summed E-state index contributed by atoms with van der Waals surface area (Å²) in [6.07, 6.45) is 4.48. The number of rotatable bonds is 3. The van der Waals surface area contributed by atoms with Crippen LogP contribution in [0.2, 0.25) is 0 Å². The molecule has 0 radical (unpaired) electrons. The van der Waals surface area contributed by atoms with Gasteiger partial charge in [-0.25, -0.2) is 0 Å². The lowest BCUT2D eigenvalue weighted by atomic mass is 9.74. The number of pyridine rings is 1. The van der Waals surface area contributed by atoms with Gasteiger partial charge in [0.15, 0.2) is 0 Å². The maximum absolute atomic E-state index is 12.1. The van der Waals surface area contributed by atoms with E-state index < -0.39 is 0 Å². The lowest BCUT2D eigenvalue weighted by molar-refractivity contribution is -0.120. The van der Waals surface area contributed by atoms with Crippen LogP contribution in [0.15, 0.2) is 54.7 Å². The van der Waals surface area contributed by atoms with Crippen molar-refractivity contribution in [2.75, 3.05) is 13.1 Å². The monoisotopic (exact) mass is 321 g/mol. The van der Waals surface area contributed by atoms with Gasteiger partial charge in [-0.1, -0.05) is 36.4 Å². The predicted molar refractivity (Wildman–Crippen MR) is 93.4 cm³/mol. The van der Waals surface area contributed by atoms with Crippen molar-refractivity contribution in [3.63, 3.8) is 0 Å². The summed E-state index contributed by atoms with van der Waals surface area (Å²) in [6, 6.07) is 16.6. The van der Waals surface area contributed by atoms with Crippen molar-refractivity contribution in [3.05, 3.63) is 66.0 Å². The van der Waals surface area contributed by atoms with Gasteiger partial charge in [0.05, 0.1) is 5.69 Å². The van der Waals surface area contributed by atoms with Crippen LogP contribution in [-0.4, -0.2) is 34.4 Å². The fourth-order valence-electron chi connectivity index (χ4n) is 4.22. The fourth-order valence-corrected chi connectivity index (χ4v) is 4.22. The summed E-state index contributed by atoms with van der Waals surface area (Å²) < 4.78 is 0. The number of nitrogens with one attached hydrogen (secondary N) is 1.